The Morgan fingerprint density at radius 3 is 2.28 bits per heavy atom. The molecule has 2 aromatic rings. The average Bonchev–Trinajstić information content (AvgIpc) is 2.35. The highest BCUT2D eigenvalue weighted by Crippen LogP contribution is 2.27. The van der Waals surface area contributed by atoms with Crippen LogP contribution in [0.4, 0.5) is 0 Å². The molecule has 0 saturated heterocycles. The molecule has 0 bridgehead atoms. The molecule has 18 heavy (non-hydrogen) atoms. The van der Waals surface area contributed by atoms with E-state index in [4.69, 9.17) is 9.29 Å². The van der Waals surface area contributed by atoms with Crippen molar-refractivity contribution in [3.05, 3.63) is 48.0 Å². The van der Waals surface area contributed by atoms with Crippen LogP contribution < -0.4 is 4.18 Å². The third-order valence-electron chi connectivity index (χ3n) is 2.33. The zero-order valence-corrected chi connectivity index (χ0v) is 10.5. The number of phenols is 2. The predicted octanol–water partition coefficient (Wildman–Crippen LogP) is 2.51. The summed E-state index contributed by atoms with van der Waals surface area (Å²) in [6.45, 7) is 1.94. The van der Waals surface area contributed by atoms with Gasteiger partial charge in [-0.2, -0.15) is 0 Å². The molecular formula is C13H12O4S. The van der Waals surface area contributed by atoms with Crippen molar-refractivity contribution in [2.24, 2.45) is 0 Å². The van der Waals surface area contributed by atoms with E-state index in [1.807, 2.05) is 19.1 Å². The molecule has 0 aromatic heterocycles. The molecule has 2 N–H and O–H groups in total. The number of rotatable bonds is 3. The summed E-state index contributed by atoms with van der Waals surface area (Å²) in [6.07, 6.45) is 0. The normalized spacial score (nSPS) is 12.1. The minimum absolute atomic E-state index is 0.258. The van der Waals surface area contributed by atoms with Crippen molar-refractivity contribution < 1.29 is 18.6 Å². The van der Waals surface area contributed by atoms with Crippen molar-refractivity contribution in [1.29, 1.82) is 0 Å². The lowest BCUT2D eigenvalue weighted by molar-refractivity contribution is 0.402. The fraction of sp³-hybridized carbons (Fsp3) is 0.0769. The van der Waals surface area contributed by atoms with Gasteiger partial charge >= 0.3 is 0 Å². The fourth-order valence-electron chi connectivity index (χ4n) is 1.34. The molecular weight excluding hydrogens is 252 g/mol. The number of aryl methyl sites for hydroxylation is 1. The molecule has 0 fully saturated rings. The highest BCUT2D eigenvalue weighted by molar-refractivity contribution is 7.80. The minimum atomic E-state index is -1.73. The van der Waals surface area contributed by atoms with E-state index in [-0.39, 0.29) is 16.4 Å². The first-order valence-corrected chi connectivity index (χ1v) is 6.32. The van der Waals surface area contributed by atoms with Gasteiger partial charge in [-0.1, -0.05) is 17.7 Å². The van der Waals surface area contributed by atoms with E-state index in [9.17, 15) is 9.32 Å². The van der Waals surface area contributed by atoms with Crippen LogP contribution in [0.5, 0.6) is 17.2 Å². The maximum absolute atomic E-state index is 11.9. The Morgan fingerprint density at radius 1 is 1.00 bits per heavy atom. The first kappa shape index (κ1) is 12.4. The summed E-state index contributed by atoms with van der Waals surface area (Å²) < 4.78 is 17.1. The van der Waals surface area contributed by atoms with Gasteiger partial charge in [0.15, 0.2) is 11.5 Å². The molecule has 1 unspecified atom stereocenters. The number of benzene rings is 2. The molecule has 0 radical (unpaired) electrons. The van der Waals surface area contributed by atoms with Crippen LogP contribution in [-0.2, 0) is 11.1 Å². The van der Waals surface area contributed by atoms with Crippen LogP contribution in [0.2, 0.25) is 0 Å². The van der Waals surface area contributed by atoms with Crippen molar-refractivity contribution in [3.8, 4) is 17.2 Å². The molecule has 94 valence electrons. The summed E-state index contributed by atoms with van der Waals surface area (Å²) in [7, 11) is 0. The third kappa shape index (κ3) is 2.81. The largest absolute Gasteiger partial charge is 0.504 e. The zero-order chi connectivity index (χ0) is 13.1. The molecule has 0 aliphatic heterocycles. The molecule has 0 amide bonds. The van der Waals surface area contributed by atoms with Crippen LogP contribution in [0.25, 0.3) is 0 Å². The lowest BCUT2D eigenvalue weighted by Gasteiger charge is -2.06. The van der Waals surface area contributed by atoms with E-state index >= 15 is 0 Å². The van der Waals surface area contributed by atoms with Gasteiger partial charge in [-0.25, -0.2) is 4.21 Å². The molecule has 2 rings (SSSR count). The van der Waals surface area contributed by atoms with E-state index in [0.717, 1.165) is 5.56 Å². The Balaban J connectivity index is 2.16. The maximum Gasteiger partial charge on any atom is 0.240 e. The molecule has 0 aliphatic rings. The second-order valence-corrected chi connectivity index (χ2v) is 4.89. The maximum atomic E-state index is 11.9. The lowest BCUT2D eigenvalue weighted by atomic mass is 10.2. The monoisotopic (exact) mass is 264 g/mol. The van der Waals surface area contributed by atoms with Crippen molar-refractivity contribution in [2.45, 2.75) is 11.8 Å². The SMILES string of the molecule is Cc1ccc(OS(=O)c2ccc(O)c(O)c2)cc1. The van der Waals surface area contributed by atoms with E-state index in [2.05, 4.69) is 0 Å². The van der Waals surface area contributed by atoms with Gasteiger partial charge in [0.2, 0.25) is 11.1 Å². The topological polar surface area (TPSA) is 66.8 Å². The number of phenolic OH excluding ortho intramolecular Hbond substituents is 2. The van der Waals surface area contributed by atoms with Gasteiger partial charge in [0.1, 0.15) is 5.75 Å². The first-order valence-electron chi connectivity index (χ1n) is 5.25. The van der Waals surface area contributed by atoms with Crippen molar-refractivity contribution in [1.82, 2.24) is 0 Å². The van der Waals surface area contributed by atoms with Crippen LogP contribution in [-0.4, -0.2) is 14.4 Å². The summed E-state index contributed by atoms with van der Waals surface area (Å²) in [6, 6.07) is 11.0. The zero-order valence-electron chi connectivity index (χ0n) is 9.66. The highest BCUT2D eigenvalue weighted by Gasteiger charge is 2.09. The summed E-state index contributed by atoms with van der Waals surface area (Å²) in [5.41, 5.74) is 1.08. The Bertz CT molecular complexity index is 578. The van der Waals surface area contributed by atoms with Crippen LogP contribution in [0.1, 0.15) is 5.56 Å². The van der Waals surface area contributed by atoms with Gasteiger partial charge in [-0.3, -0.25) is 0 Å². The summed E-state index contributed by atoms with van der Waals surface area (Å²) in [4.78, 5) is 0.283. The lowest BCUT2D eigenvalue weighted by Crippen LogP contribution is -2.00. The Labute approximate surface area is 107 Å². The quantitative estimate of drug-likeness (QED) is 0.836. The van der Waals surface area contributed by atoms with Crippen molar-refractivity contribution >= 4 is 11.1 Å². The summed E-state index contributed by atoms with van der Waals surface area (Å²) >= 11 is -1.73. The van der Waals surface area contributed by atoms with Crippen molar-refractivity contribution in [3.63, 3.8) is 0 Å². The second kappa shape index (κ2) is 5.10. The molecule has 2 aromatic carbocycles. The standard InChI is InChI=1S/C13H12O4S/c1-9-2-4-10(5-3-9)17-18(16)11-6-7-12(14)13(15)8-11/h2-8,14-15H,1H3. The van der Waals surface area contributed by atoms with Gasteiger partial charge in [-0.05, 0) is 31.2 Å². The van der Waals surface area contributed by atoms with Crippen LogP contribution in [0.3, 0.4) is 0 Å². The predicted molar refractivity (Wildman–Crippen MR) is 68.0 cm³/mol. The van der Waals surface area contributed by atoms with Gasteiger partial charge in [0, 0.05) is 6.07 Å². The molecule has 0 spiro atoms. The summed E-state index contributed by atoms with van der Waals surface area (Å²) in [5, 5.41) is 18.5. The van der Waals surface area contributed by atoms with E-state index < -0.39 is 11.1 Å². The average molecular weight is 264 g/mol. The Kier molecular flexibility index (Phi) is 3.53. The highest BCUT2D eigenvalue weighted by atomic mass is 32.2. The van der Waals surface area contributed by atoms with Gasteiger partial charge in [0.05, 0.1) is 4.90 Å². The van der Waals surface area contributed by atoms with E-state index in [0.29, 0.717) is 5.75 Å². The fourth-order valence-corrected chi connectivity index (χ4v) is 2.11. The van der Waals surface area contributed by atoms with Crippen molar-refractivity contribution in [2.75, 3.05) is 0 Å². The molecule has 0 saturated carbocycles. The number of hydrogen-bond acceptors (Lipinski definition) is 4. The van der Waals surface area contributed by atoms with Gasteiger partial charge < -0.3 is 14.4 Å². The van der Waals surface area contributed by atoms with Gasteiger partial charge in [0.25, 0.3) is 0 Å². The molecule has 1 atom stereocenters. The Morgan fingerprint density at radius 2 is 1.67 bits per heavy atom. The van der Waals surface area contributed by atoms with Gasteiger partial charge in [-0.15, -0.1) is 0 Å². The van der Waals surface area contributed by atoms with Crippen LogP contribution in [0, 0.1) is 6.92 Å². The van der Waals surface area contributed by atoms with Crippen LogP contribution >= 0.6 is 0 Å². The Hall–Kier alpha value is -2.01. The third-order valence-corrected chi connectivity index (χ3v) is 3.31. The molecule has 4 nitrogen and oxygen atoms in total. The first-order chi connectivity index (χ1) is 8.56. The van der Waals surface area contributed by atoms with Crippen LogP contribution in [0.15, 0.2) is 47.4 Å². The van der Waals surface area contributed by atoms with E-state index in [1.165, 1.54) is 18.2 Å². The summed E-state index contributed by atoms with van der Waals surface area (Å²) in [5.74, 6) is -0.106. The molecule has 0 heterocycles. The number of hydrogen-bond donors (Lipinski definition) is 2. The molecule has 5 heteroatoms. The minimum Gasteiger partial charge on any atom is -0.504 e. The van der Waals surface area contributed by atoms with E-state index in [1.54, 1.807) is 12.1 Å². The second-order valence-electron chi connectivity index (χ2n) is 3.78. The number of aromatic hydroxyl groups is 2. The molecule has 0 aliphatic carbocycles. The smallest absolute Gasteiger partial charge is 0.240 e.